The van der Waals surface area contributed by atoms with Crippen molar-refractivity contribution in [1.82, 2.24) is 5.32 Å². The van der Waals surface area contributed by atoms with Crippen molar-refractivity contribution in [2.75, 3.05) is 0 Å². The van der Waals surface area contributed by atoms with Crippen LogP contribution in [0.15, 0.2) is 30.3 Å². The Morgan fingerprint density at radius 1 is 1.33 bits per heavy atom. The average Bonchev–Trinajstić information content (AvgIpc) is 2.81. The Labute approximate surface area is 110 Å². The van der Waals surface area contributed by atoms with Gasteiger partial charge in [0, 0.05) is 11.1 Å². The molecule has 1 unspecified atom stereocenters. The third-order valence-electron chi connectivity index (χ3n) is 2.83. The number of ketones is 1. The van der Waals surface area contributed by atoms with E-state index < -0.39 is 6.04 Å². The highest BCUT2D eigenvalue weighted by Gasteiger charge is 2.16. The van der Waals surface area contributed by atoms with Crippen molar-refractivity contribution in [1.29, 1.82) is 0 Å². The largest absolute Gasteiger partial charge is 0.342 e. The number of hydrogen-bond acceptors (Lipinski definition) is 3. The van der Waals surface area contributed by atoms with E-state index in [1.54, 1.807) is 13.8 Å². The van der Waals surface area contributed by atoms with E-state index in [0.29, 0.717) is 11.3 Å². The average molecular weight is 261 g/mol. The molecule has 0 aliphatic rings. The summed E-state index contributed by atoms with van der Waals surface area (Å²) in [5.41, 5.74) is 0. The van der Waals surface area contributed by atoms with Gasteiger partial charge in [-0.05, 0) is 24.4 Å². The maximum absolute atomic E-state index is 12.0. The molecule has 2 rings (SSSR count). The summed E-state index contributed by atoms with van der Waals surface area (Å²) in [5, 5.41) is 3.79. The Kier molecular flexibility index (Phi) is 3.77. The maximum atomic E-state index is 12.0. The number of Topliss-reactive ketones (excluding diaryl/α,β-unsaturated/α-hetero) is 1. The first kappa shape index (κ1) is 12.8. The van der Waals surface area contributed by atoms with Crippen molar-refractivity contribution in [3.63, 3.8) is 0 Å². The summed E-state index contributed by atoms with van der Waals surface area (Å²) in [6.07, 6.45) is 0.438. The predicted octanol–water partition coefficient (Wildman–Crippen LogP) is 3.00. The Bertz CT molecular complexity index is 555. The third kappa shape index (κ3) is 2.59. The summed E-state index contributed by atoms with van der Waals surface area (Å²) in [4.78, 5) is 24.1. The number of fused-ring (bicyclic) bond motifs is 1. The molecule has 18 heavy (non-hydrogen) atoms. The number of carbonyl (C=O) groups is 2. The van der Waals surface area contributed by atoms with E-state index >= 15 is 0 Å². The molecular formula is C14H15NO2S. The van der Waals surface area contributed by atoms with Gasteiger partial charge in [-0.2, -0.15) is 0 Å². The molecule has 1 atom stereocenters. The summed E-state index contributed by atoms with van der Waals surface area (Å²) in [5.74, 6) is -0.130. The summed E-state index contributed by atoms with van der Waals surface area (Å²) in [6.45, 7) is 3.52. The molecule has 0 bridgehead atoms. The van der Waals surface area contributed by atoms with Gasteiger partial charge in [-0.25, -0.2) is 0 Å². The normalized spacial score (nSPS) is 12.3. The van der Waals surface area contributed by atoms with Crippen LogP contribution in [0, 0.1) is 0 Å². The Morgan fingerprint density at radius 2 is 2.06 bits per heavy atom. The first-order valence-corrected chi connectivity index (χ1v) is 6.75. The highest BCUT2D eigenvalue weighted by atomic mass is 32.1. The summed E-state index contributed by atoms with van der Waals surface area (Å²) < 4.78 is 1.08. The van der Waals surface area contributed by atoms with Crippen molar-refractivity contribution in [2.45, 2.75) is 26.3 Å². The summed E-state index contributed by atoms with van der Waals surface area (Å²) >= 11 is 1.44. The molecule has 1 aromatic heterocycles. The van der Waals surface area contributed by atoms with Gasteiger partial charge in [-0.15, -0.1) is 11.3 Å². The molecule has 0 spiro atoms. The van der Waals surface area contributed by atoms with Gasteiger partial charge >= 0.3 is 0 Å². The van der Waals surface area contributed by atoms with Crippen LogP contribution < -0.4 is 5.32 Å². The highest BCUT2D eigenvalue weighted by molar-refractivity contribution is 7.20. The second-order valence-electron chi connectivity index (χ2n) is 4.16. The van der Waals surface area contributed by atoms with Crippen LogP contribution in [-0.2, 0) is 4.79 Å². The second-order valence-corrected chi connectivity index (χ2v) is 5.25. The fourth-order valence-electron chi connectivity index (χ4n) is 1.75. The molecule has 0 radical (unpaired) electrons. The van der Waals surface area contributed by atoms with Gasteiger partial charge in [-0.3, -0.25) is 9.59 Å². The number of carbonyl (C=O) groups excluding carboxylic acids is 2. The molecular weight excluding hydrogens is 246 g/mol. The lowest BCUT2D eigenvalue weighted by atomic mass is 10.1. The molecule has 1 N–H and O–H groups in total. The monoisotopic (exact) mass is 261 g/mol. The van der Waals surface area contributed by atoms with Crippen LogP contribution in [-0.4, -0.2) is 17.7 Å². The molecule has 0 fully saturated rings. The van der Waals surface area contributed by atoms with Crippen LogP contribution in [0.1, 0.15) is 29.9 Å². The molecule has 0 saturated heterocycles. The van der Waals surface area contributed by atoms with Gasteiger partial charge in [0.25, 0.3) is 5.91 Å². The number of benzene rings is 1. The molecule has 4 heteroatoms. The lowest BCUT2D eigenvalue weighted by molar-refractivity contribution is -0.120. The lowest BCUT2D eigenvalue weighted by Gasteiger charge is -2.10. The van der Waals surface area contributed by atoms with Crippen LogP contribution in [0.2, 0.25) is 0 Å². The maximum Gasteiger partial charge on any atom is 0.261 e. The van der Waals surface area contributed by atoms with Gasteiger partial charge < -0.3 is 5.32 Å². The minimum Gasteiger partial charge on any atom is -0.342 e. The van der Waals surface area contributed by atoms with Gasteiger partial charge in [0.2, 0.25) is 0 Å². The van der Waals surface area contributed by atoms with Crippen molar-refractivity contribution in [3.8, 4) is 0 Å². The van der Waals surface area contributed by atoms with Crippen LogP contribution in [0.3, 0.4) is 0 Å². The smallest absolute Gasteiger partial charge is 0.261 e. The molecule has 1 aromatic carbocycles. The first-order chi connectivity index (χ1) is 8.61. The van der Waals surface area contributed by atoms with Gasteiger partial charge in [-0.1, -0.05) is 25.1 Å². The van der Waals surface area contributed by atoms with Crippen molar-refractivity contribution < 1.29 is 9.59 Å². The third-order valence-corrected chi connectivity index (χ3v) is 3.94. The molecule has 0 saturated carbocycles. The number of amides is 1. The minimum atomic E-state index is -0.423. The van der Waals surface area contributed by atoms with Crippen LogP contribution in [0.5, 0.6) is 0 Å². The lowest BCUT2D eigenvalue weighted by Crippen LogP contribution is -2.37. The van der Waals surface area contributed by atoms with E-state index in [4.69, 9.17) is 0 Å². The number of thiophene rings is 1. The van der Waals surface area contributed by atoms with E-state index in [2.05, 4.69) is 5.32 Å². The van der Waals surface area contributed by atoms with Crippen molar-refractivity contribution >= 4 is 33.1 Å². The van der Waals surface area contributed by atoms with E-state index in [-0.39, 0.29) is 11.7 Å². The fourth-order valence-corrected chi connectivity index (χ4v) is 2.71. The molecule has 0 aliphatic carbocycles. The fraction of sp³-hybridized carbons (Fsp3) is 0.286. The Hall–Kier alpha value is -1.68. The highest BCUT2D eigenvalue weighted by Crippen LogP contribution is 2.25. The van der Waals surface area contributed by atoms with Crippen molar-refractivity contribution in [2.24, 2.45) is 0 Å². The Balaban J connectivity index is 2.16. The minimum absolute atomic E-state index is 0.0458. The summed E-state index contributed by atoms with van der Waals surface area (Å²) in [6, 6.07) is 9.29. The zero-order valence-corrected chi connectivity index (χ0v) is 11.2. The molecule has 1 heterocycles. The molecule has 0 aliphatic heterocycles. The van der Waals surface area contributed by atoms with Crippen LogP contribution in [0.25, 0.3) is 10.1 Å². The standard InChI is InChI=1S/C14H15NO2S/c1-3-11(16)9(2)15-14(17)13-8-10-6-4-5-7-12(10)18-13/h4-9H,3H2,1-2H3,(H,15,17). The zero-order valence-electron chi connectivity index (χ0n) is 10.4. The topological polar surface area (TPSA) is 46.2 Å². The molecule has 3 nitrogen and oxygen atoms in total. The predicted molar refractivity (Wildman–Crippen MR) is 74.1 cm³/mol. The van der Waals surface area contributed by atoms with E-state index in [0.717, 1.165) is 10.1 Å². The molecule has 1 amide bonds. The SMILES string of the molecule is CCC(=O)C(C)NC(=O)c1cc2ccccc2s1. The van der Waals surface area contributed by atoms with E-state index in [1.165, 1.54) is 11.3 Å². The van der Waals surface area contributed by atoms with Crippen LogP contribution >= 0.6 is 11.3 Å². The molecule has 94 valence electrons. The van der Waals surface area contributed by atoms with E-state index in [9.17, 15) is 9.59 Å². The van der Waals surface area contributed by atoms with Gasteiger partial charge in [0.15, 0.2) is 5.78 Å². The molecule has 2 aromatic rings. The first-order valence-electron chi connectivity index (χ1n) is 5.94. The number of hydrogen-bond donors (Lipinski definition) is 1. The van der Waals surface area contributed by atoms with Gasteiger partial charge in [0.05, 0.1) is 10.9 Å². The second kappa shape index (κ2) is 5.31. The Morgan fingerprint density at radius 3 is 2.72 bits per heavy atom. The van der Waals surface area contributed by atoms with E-state index in [1.807, 2.05) is 30.3 Å². The van der Waals surface area contributed by atoms with Crippen molar-refractivity contribution in [3.05, 3.63) is 35.2 Å². The number of rotatable bonds is 4. The number of nitrogens with one attached hydrogen (secondary N) is 1. The van der Waals surface area contributed by atoms with Crippen LogP contribution in [0.4, 0.5) is 0 Å². The zero-order chi connectivity index (χ0) is 13.1. The summed E-state index contributed by atoms with van der Waals surface area (Å²) in [7, 11) is 0. The van der Waals surface area contributed by atoms with Gasteiger partial charge in [0.1, 0.15) is 0 Å². The quantitative estimate of drug-likeness (QED) is 0.919.